The van der Waals surface area contributed by atoms with Crippen LogP contribution in [0.15, 0.2) is 48.5 Å². The SMILES string of the molecule is CC[C@H](C)[C@@H]1NC(=O)[C@H](CC(C)C)N(C)C(=O)C[C@@H](C(=O)N2CCCCC2)N(C)C(=O)[C@H](CC(C)C)NC(=O)C(C)(C)N(C)C(=O)[C@H](CO)NC(=O)[C@H](Cc2cccc(I)c2)NC(=O)CN(C)C(=O)[C@@H](Cc2ccc(C)cc2)N(C)C(=O)[C@@H]2CCN2C(=O)CN(C)C1=O. The summed E-state index contributed by atoms with van der Waals surface area (Å²) in [5.74, 6) is -9.28. The molecule has 3 heterocycles. The minimum Gasteiger partial charge on any atom is -0.394 e. The molecule has 3 aliphatic rings. The molecule has 0 bridgehead atoms. The Balaban J connectivity index is 1.60. The first-order valence-electron chi connectivity index (χ1n) is 32.4. The molecular weight excluding hydrogens is 1310 g/mol. The van der Waals surface area contributed by atoms with Gasteiger partial charge in [0.25, 0.3) is 0 Å². The highest BCUT2D eigenvalue weighted by molar-refractivity contribution is 14.1. The number of carbonyl (C=O) groups is 12. The molecule has 26 heteroatoms. The predicted octanol–water partition coefficient (Wildman–Crippen LogP) is 2.11. The summed E-state index contributed by atoms with van der Waals surface area (Å²) in [5, 5.41) is 21.8. The number of nitrogens with one attached hydrogen (secondary N) is 4. The summed E-state index contributed by atoms with van der Waals surface area (Å²) in [6, 6.07) is 4.01. The number of piperidine rings is 1. The third-order valence-corrected chi connectivity index (χ3v) is 19.0. The minimum atomic E-state index is -1.79. The summed E-state index contributed by atoms with van der Waals surface area (Å²) in [6.07, 6.45) is 2.39. The number of rotatable bonds is 12. The summed E-state index contributed by atoms with van der Waals surface area (Å²) in [4.78, 5) is 186. The molecular formula is C67H101IN12O13. The number of aliphatic hydroxyl groups is 1. The zero-order valence-electron chi connectivity index (χ0n) is 57.1. The van der Waals surface area contributed by atoms with E-state index in [2.05, 4.69) is 43.9 Å². The molecule has 514 valence electrons. The van der Waals surface area contributed by atoms with Gasteiger partial charge < -0.3 is 65.6 Å². The maximum absolute atomic E-state index is 15.0. The molecule has 0 saturated carbocycles. The second-order valence-corrected chi connectivity index (χ2v) is 28.1. The van der Waals surface area contributed by atoms with Crippen LogP contribution in [-0.2, 0) is 70.4 Å². The standard InChI is InChI=1S/C67H101IN12O13/c1-16-43(7)57-65(92)74(11)38-56(84)80-30-27-50(80)63(90)77(14)52(35-44-25-23-42(6)24-26-44)62(89)73(10)37-54(82)69-47(34-45-21-20-22-46(68)33-45)58(85)70-49(39-81)61(88)78(15)67(8,9)66(93)71-48(31-40(2)3)60(87)76(13)53(64(91)79-28-18-17-19-29-79)36-55(83)75(12)51(32-41(4)5)59(86)72-57/h20-26,33,40-41,43,47-53,57,81H,16-19,27-32,34-39H2,1-15H3,(H,69,82)(H,70,85)(H,71,93)(H,72,86)/t43-,47-,48-,49-,50-,51-,52+,53-,57-/m0/s1. The molecule has 0 aliphatic carbocycles. The number of likely N-dealkylation sites (N-methyl/N-ethyl adjacent to an activating group) is 6. The Kier molecular flexibility index (Phi) is 28.2. The highest BCUT2D eigenvalue weighted by Crippen LogP contribution is 2.26. The zero-order valence-corrected chi connectivity index (χ0v) is 59.2. The first-order chi connectivity index (χ1) is 43.6. The lowest BCUT2D eigenvalue weighted by Gasteiger charge is -2.43. The van der Waals surface area contributed by atoms with Gasteiger partial charge in [0.15, 0.2) is 0 Å². The lowest BCUT2D eigenvalue weighted by Crippen LogP contribution is -2.64. The quantitative estimate of drug-likeness (QED) is 0.191. The van der Waals surface area contributed by atoms with Crippen molar-refractivity contribution in [1.82, 2.24) is 60.5 Å². The van der Waals surface area contributed by atoms with Crippen molar-refractivity contribution in [3.8, 4) is 0 Å². The van der Waals surface area contributed by atoms with Gasteiger partial charge in [-0.3, -0.25) is 57.5 Å². The van der Waals surface area contributed by atoms with Crippen LogP contribution in [0.25, 0.3) is 0 Å². The lowest BCUT2D eigenvalue weighted by molar-refractivity contribution is -0.157. The molecule has 3 saturated heterocycles. The van der Waals surface area contributed by atoms with E-state index < -0.39 is 157 Å². The van der Waals surface area contributed by atoms with Crippen molar-refractivity contribution in [3.05, 3.63) is 68.8 Å². The topological polar surface area (TPSA) is 299 Å². The summed E-state index contributed by atoms with van der Waals surface area (Å²) in [5.41, 5.74) is 0.449. The third kappa shape index (κ3) is 20.1. The largest absolute Gasteiger partial charge is 0.394 e. The predicted molar refractivity (Wildman–Crippen MR) is 358 cm³/mol. The van der Waals surface area contributed by atoms with Crippen LogP contribution in [0, 0.1) is 28.2 Å². The van der Waals surface area contributed by atoms with E-state index in [0.717, 1.165) is 30.3 Å². The average molecular weight is 1410 g/mol. The zero-order chi connectivity index (χ0) is 69.5. The summed E-state index contributed by atoms with van der Waals surface area (Å²) in [7, 11) is 8.32. The van der Waals surface area contributed by atoms with Gasteiger partial charge in [-0.25, -0.2) is 0 Å². The molecule has 2 aromatic rings. The van der Waals surface area contributed by atoms with Crippen molar-refractivity contribution >= 4 is 93.5 Å². The van der Waals surface area contributed by atoms with Crippen molar-refractivity contribution in [3.63, 3.8) is 0 Å². The molecule has 3 aliphatic heterocycles. The summed E-state index contributed by atoms with van der Waals surface area (Å²) < 4.78 is 0.812. The smallest absolute Gasteiger partial charge is 0.248 e. The summed E-state index contributed by atoms with van der Waals surface area (Å²) >= 11 is 2.10. The number of hydrogen-bond donors (Lipinski definition) is 5. The van der Waals surface area contributed by atoms with Gasteiger partial charge in [0.05, 0.1) is 26.1 Å². The van der Waals surface area contributed by atoms with Crippen molar-refractivity contribution < 1.29 is 62.6 Å². The van der Waals surface area contributed by atoms with Crippen molar-refractivity contribution in [2.24, 2.45) is 17.8 Å². The van der Waals surface area contributed by atoms with Crippen molar-refractivity contribution in [1.29, 1.82) is 0 Å². The average Bonchev–Trinajstić information content (AvgIpc) is 0.835. The molecule has 25 nitrogen and oxygen atoms in total. The third-order valence-electron chi connectivity index (χ3n) is 18.4. The van der Waals surface area contributed by atoms with Gasteiger partial charge in [0, 0.05) is 78.3 Å². The van der Waals surface area contributed by atoms with Gasteiger partial charge in [-0.15, -0.1) is 0 Å². The van der Waals surface area contributed by atoms with E-state index in [0.29, 0.717) is 43.5 Å². The lowest BCUT2D eigenvalue weighted by atomic mass is 9.95. The first kappa shape index (κ1) is 76.5. The summed E-state index contributed by atoms with van der Waals surface area (Å²) in [6.45, 7) is 14.5. The van der Waals surface area contributed by atoms with E-state index in [1.165, 1.54) is 75.7 Å². The molecule has 5 rings (SSSR count). The van der Waals surface area contributed by atoms with Crippen LogP contribution in [0.5, 0.6) is 0 Å². The molecule has 0 spiro atoms. The Labute approximate surface area is 562 Å². The fraction of sp³-hybridized carbons (Fsp3) is 0.642. The van der Waals surface area contributed by atoms with E-state index in [4.69, 9.17) is 0 Å². The normalized spacial score (nSPS) is 25.3. The second-order valence-electron chi connectivity index (χ2n) is 26.8. The number of hydrogen-bond acceptors (Lipinski definition) is 13. The molecule has 3 fully saturated rings. The number of amides is 12. The fourth-order valence-corrected chi connectivity index (χ4v) is 12.3. The Bertz CT molecular complexity index is 3030. The first-order valence-corrected chi connectivity index (χ1v) is 33.5. The maximum atomic E-state index is 15.0. The molecule has 9 atom stereocenters. The molecule has 0 unspecified atom stereocenters. The number of carbonyl (C=O) groups excluding carboxylic acids is 12. The monoisotopic (exact) mass is 1410 g/mol. The highest BCUT2D eigenvalue weighted by Gasteiger charge is 2.46. The van der Waals surface area contributed by atoms with E-state index in [1.807, 2.05) is 71.9 Å². The van der Waals surface area contributed by atoms with Gasteiger partial charge in [0.1, 0.15) is 53.9 Å². The Morgan fingerprint density at radius 2 is 1.25 bits per heavy atom. The molecule has 12 amide bonds. The van der Waals surface area contributed by atoms with Crippen LogP contribution in [0.1, 0.15) is 123 Å². The number of fused-ring (bicyclic) bond motifs is 1. The highest BCUT2D eigenvalue weighted by atomic mass is 127. The van der Waals surface area contributed by atoms with E-state index in [-0.39, 0.29) is 50.5 Å². The van der Waals surface area contributed by atoms with E-state index in [1.54, 1.807) is 30.0 Å². The number of nitrogens with zero attached hydrogens (tertiary/aromatic N) is 8. The van der Waals surface area contributed by atoms with Crippen molar-refractivity contribution in [2.45, 2.75) is 180 Å². The van der Waals surface area contributed by atoms with Gasteiger partial charge in [-0.2, -0.15) is 0 Å². The van der Waals surface area contributed by atoms with E-state index in [9.17, 15) is 57.8 Å². The van der Waals surface area contributed by atoms with Crippen LogP contribution in [0.4, 0.5) is 0 Å². The van der Waals surface area contributed by atoms with Crippen molar-refractivity contribution in [2.75, 3.05) is 81.6 Å². The van der Waals surface area contributed by atoms with Gasteiger partial charge in [-0.1, -0.05) is 89.9 Å². The Morgan fingerprint density at radius 3 is 1.82 bits per heavy atom. The van der Waals surface area contributed by atoms with Crippen LogP contribution >= 0.6 is 22.6 Å². The number of aliphatic hydroxyl groups excluding tert-OH is 1. The van der Waals surface area contributed by atoms with Crippen LogP contribution in [0.3, 0.4) is 0 Å². The van der Waals surface area contributed by atoms with E-state index >= 15 is 4.79 Å². The molecule has 0 radical (unpaired) electrons. The molecule has 93 heavy (non-hydrogen) atoms. The fourth-order valence-electron chi connectivity index (χ4n) is 11.7. The molecule has 0 aromatic heterocycles. The van der Waals surface area contributed by atoms with Crippen LogP contribution < -0.4 is 21.3 Å². The van der Waals surface area contributed by atoms with Gasteiger partial charge >= 0.3 is 0 Å². The maximum Gasteiger partial charge on any atom is 0.248 e. The Morgan fingerprint density at radius 1 is 0.624 bits per heavy atom. The Hall–Kier alpha value is -7.23. The minimum absolute atomic E-state index is 0.00398. The number of likely N-dealkylation sites (tertiary alicyclic amines) is 1. The number of halogens is 1. The molecule has 2 aromatic carbocycles. The van der Waals surface area contributed by atoms with Crippen LogP contribution in [-0.4, -0.2) is 251 Å². The molecule has 5 N–H and O–H groups in total. The van der Waals surface area contributed by atoms with Crippen LogP contribution in [0.2, 0.25) is 0 Å². The number of aryl methyl sites for hydroxylation is 1. The van der Waals surface area contributed by atoms with Gasteiger partial charge in [0.2, 0.25) is 70.9 Å². The number of benzene rings is 2. The second kappa shape index (κ2) is 34.3. The van der Waals surface area contributed by atoms with Gasteiger partial charge in [-0.05, 0) is 123 Å².